The highest BCUT2D eigenvalue weighted by molar-refractivity contribution is 6.30. The van der Waals surface area contributed by atoms with E-state index in [4.69, 9.17) is 35.3 Å². The lowest BCUT2D eigenvalue weighted by Gasteiger charge is -2.20. The van der Waals surface area contributed by atoms with Gasteiger partial charge in [0.05, 0.1) is 25.3 Å². The van der Waals surface area contributed by atoms with E-state index in [9.17, 15) is 8.78 Å². The van der Waals surface area contributed by atoms with Crippen LogP contribution in [0.5, 0.6) is 23.0 Å². The first-order chi connectivity index (χ1) is 18.5. The monoisotopic (exact) mass is 541 g/mol. The smallest absolute Gasteiger partial charge is 0.198 e. The Kier molecular flexibility index (Phi) is 6.61. The average molecular weight is 542 g/mol. The van der Waals surface area contributed by atoms with E-state index in [1.807, 2.05) is 0 Å². The number of hydrogen-bond acceptors (Lipinski definition) is 8. The van der Waals surface area contributed by atoms with Crippen LogP contribution in [0.1, 0.15) is 6.42 Å². The molecule has 0 spiro atoms. The number of ether oxygens (including phenoxy) is 5. The zero-order chi connectivity index (χ0) is 26.2. The Morgan fingerprint density at radius 2 is 1.79 bits per heavy atom. The second-order valence-corrected chi connectivity index (χ2v) is 9.28. The molecule has 2 saturated heterocycles. The van der Waals surface area contributed by atoms with Crippen LogP contribution in [0.2, 0.25) is 5.02 Å². The molecule has 2 aliphatic heterocycles. The molecule has 0 aliphatic carbocycles. The largest absolute Gasteiger partial charge is 0.493 e. The summed E-state index contributed by atoms with van der Waals surface area (Å²) in [5.74, 6) is -0.803. The van der Waals surface area contributed by atoms with Crippen LogP contribution in [0.4, 0.5) is 20.3 Å². The van der Waals surface area contributed by atoms with Gasteiger partial charge in [0.25, 0.3) is 0 Å². The van der Waals surface area contributed by atoms with Crippen LogP contribution in [0.15, 0.2) is 54.9 Å². The van der Waals surface area contributed by atoms with Crippen molar-refractivity contribution in [2.24, 2.45) is 0 Å². The van der Waals surface area contributed by atoms with E-state index in [0.717, 1.165) is 18.6 Å². The molecule has 2 fully saturated rings. The summed E-state index contributed by atoms with van der Waals surface area (Å²) in [7, 11) is 1.52. The minimum absolute atomic E-state index is 0.0355. The number of rotatable bonds is 7. The summed E-state index contributed by atoms with van der Waals surface area (Å²) in [6, 6.07) is 11.8. The molecule has 0 bridgehead atoms. The van der Waals surface area contributed by atoms with Gasteiger partial charge in [-0.3, -0.25) is 0 Å². The Morgan fingerprint density at radius 1 is 1.00 bits per heavy atom. The Bertz CT molecular complexity index is 1470. The molecule has 0 saturated carbocycles. The molecule has 0 amide bonds. The molecule has 11 heteroatoms. The molecule has 2 aliphatic rings. The zero-order valence-corrected chi connectivity index (χ0v) is 20.9. The minimum Gasteiger partial charge on any atom is -0.493 e. The molecule has 4 aromatic rings. The van der Waals surface area contributed by atoms with E-state index >= 15 is 0 Å². The van der Waals surface area contributed by atoms with Crippen molar-refractivity contribution in [1.82, 2.24) is 9.97 Å². The van der Waals surface area contributed by atoms with Gasteiger partial charge in [0.15, 0.2) is 35.0 Å². The maximum absolute atomic E-state index is 14.8. The van der Waals surface area contributed by atoms with Gasteiger partial charge in [-0.1, -0.05) is 11.6 Å². The van der Waals surface area contributed by atoms with Gasteiger partial charge in [0.2, 0.25) is 0 Å². The van der Waals surface area contributed by atoms with E-state index in [1.165, 1.54) is 25.6 Å². The summed E-state index contributed by atoms with van der Waals surface area (Å²) < 4.78 is 58.4. The number of anilines is 2. The number of aromatic nitrogens is 2. The Morgan fingerprint density at radius 3 is 2.55 bits per heavy atom. The highest BCUT2D eigenvalue weighted by Crippen LogP contribution is 2.38. The van der Waals surface area contributed by atoms with Crippen LogP contribution in [-0.4, -0.2) is 48.6 Å². The molecule has 38 heavy (non-hydrogen) atoms. The zero-order valence-electron chi connectivity index (χ0n) is 20.1. The maximum Gasteiger partial charge on any atom is 0.198 e. The molecule has 8 nitrogen and oxygen atoms in total. The number of nitrogens with one attached hydrogen (secondary N) is 1. The van der Waals surface area contributed by atoms with E-state index < -0.39 is 17.4 Å². The van der Waals surface area contributed by atoms with Crippen LogP contribution in [-0.2, 0) is 9.47 Å². The van der Waals surface area contributed by atoms with Crippen molar-refractivity contribution >= 4 is 34.0 Å². The molecular formula is C27H22ClF2N3O5. The lowest BCUT2D eigenvalue weighted by atomic mass is 10.1. The highest BCUT2D eigenvalue weighted by Gasteiger charge is 2.43. The molecule has 3 atom stereocenters. The second-order valence-electron chi connectivity index (χ2n) is 8.84. The van der Waals surface area contributed by atoms with E-state index in [-0.39, 0.29) is 29.7 Å². The first-order valence-electron chi connectivity index (χ1n) is 11.9. The number of methoxy groups -OCH3 is 1. The normalized spacial score (nSPS) is 20.4. The van der Waals surface area contributed by atoms with Gasteiger partial charge in [-0.05, 0) is 36.8 Å². The third-order valence-electron chi connectivity index (χ3n) is 6.41. The van der Waals surface area contributed by atoms with Crippen molar-refractivity contribution in [3.63, 3.8) is 0 Å². The molecule has 2 unspecified atom stereocenters. The number of fused-ring (bicyclic) bond motifs is 2. The van der Waals surface area contributed by atoms with E-state index in [2.05, 4.69) is 15.3 Å². The summed E-state index contributed by atoms with van der Waals surface area (Å²) >= 11 is 5.85. The minimum atomic E-state index is -0.889. The molecule has 1 N–H and O–H groups in total. The van der Waals surface area contributed by atoms with Gasteiger partial charge in [-0.2, -0.15) is 0 Å². The van der Waals surface area contributed by atoms with Crippen molar-refractivity contribution in [3.05, 3.63) is 71.5 Å². The number of nitrogens with zero attached hydrogens (tertiary/aromatic N) is 2. The van der Waals surface area contributed by atoms with Crippen molar-refractivity contribution in [1.29, 1.82) is 0 Å². The van der Waals surface area contributed by atoms with Crippen molar-refractivity contribution in [3.8, 4) is 23.0 Å². The van der Waals surface area contributed by atoms with Gasteiger partial charge in [-0.15, -0.1) is 0 Å². The van der Waals surface area contributed by atoms with Crippen LogP contribution in [0.25, 0.3) is 10.9 Å². The fourth-order valence-electron chi connectivity index (χ4n) is 4.60. The molecular weight excluding hydrogens is 520 g/mol. The predicted octanol–water partition coefficient (Wildman–Crippen LogP) is 6.04. The quantitative estimate of drug-likeness (QED) is 0.303. The molecule has 6 rings (SSSR count). The standard InChI is InChI=1S/C27H22ClF2N3O5/c1-34-22-10-17-20(11-23(22)38-24-12-36-21-6-7-35-26(21)24)31-13-32-27(17)33-15-8-18(29)25(19(30)9-15)37-16-4-2-14(28)3-5-16/h2-5,8-11,13,21,24,26H,6-7,12H2,1H3,(H,31,32,33)/t21?,24-,26?/m1/s1. The topological polar surface area (TPSA) is 84.0 Å². The van der Waals surface area contributed by atoms with Crippen molar-refractivity contribution in [2.45, 2.75) is 24.7 Å². The SMILES string of the molecule is COc1cc2c(Nc3cc(F)c(Oc4ccc(Cl)cc4)c(F)c3)ncnc2cc1O[C@@H]1COC2CCOC21. The third kappa shape index (κ3) is 4.78. The first kappa shape index (κ1) is 24.6. The summed E-state index contributed by atoms with van der Waals surface area (Å²) in [6.45, 7) is 1.06. The Labute approximate surface area is 221 Å². The van der Waals surface area contributed by atoms with Gasteiger partial charge in [0.1, 0.15) is 24.0 Å². The summed E-state index contributed by atoms with van der Waals surface area (Å²) in [4.78, 5) is 8.60. The fraction of sp³-hybridized carbons (Fsp3) is 0.259. The van der Waals surface area contributed by atoms with Crippen LogP contribution >= 0.6 is 11.6 Å². The lowest BCUT2D eigenvalue weighted by Crippen LogP contribution is -2.32. The number of hydrogen-bond donors (Lipinski definition) is 1. The molecule has 196 valence electrons. The molecule has 0 radical (unpaired) electrons. The first-order valence-corrected chi connectivity index (χ1v) is 12.3. The molecule has 3 aromatic carbocycles. The van der Waals surface area contributed by atoms with E-state index in [0.29, 0.717) is 46.5 Å². The molecule has 1 aromatic heterocycles. The van der Waals surface area contributed by atoms with Gasteiger partial charge >= 0.3 is 0 Å². The molecule has 3 heterocycles. The van der Waals surface area contributed by atoms with Crippen molar-refractivity contribution < 1.29 is 32.5 Å². The Hall–Kier alpha value is -3.73. The van der Waals surface area contributed by atoms with Crippen LogP contribution in [0.3, 0.4) is 0 Å². The maximum atomic E-state index is 14.8. The predicted molar refractivity (Wildman–Crippen MR) is 136 cm³/mol. The highest BCUT2D eigenvalue weighted by atomic mass is 35.5. The van der Waals surface area contributed by atoms with Gasteiger partial charge < -0.3 is 29.0 Å². The summed E-state index contributed by atoms with van der Waals surface area (Å²) in [6.07, 6.45) is 1.83. The lowest BCUT2D eigenvalue weighted by molar-refractivity contribution is 0.0298. The fourth-order valence-corrected chi connectivity index (χ4v) is 4.72. The Balaban J connectivity index is 1.26. The second kappa shape index (κ2) is 10.2. The average Bonchev–Trinajstić information content (AvgIpc) is 3.52. The van der Waals surface area contributed by atoms with Gasteiger partial charge in [0, 0.05) is 40.9 Å². The van der Waals surface area contributed by atoms with E-state index in [1.54, 1.807) is 24.3 Å². The van der Waals surface area contributed by atoms with Crippen molar-refractivity contribution in [2.75, 3.05) is 25.6 Å². The van der Waals surface area contributed by atoms with Crippen LogP contribution < -0.4 is 19.5 Å². The van der Waals surface area contributed by atoms with Crippen LogP contribution in [0, 0.1) is 11.6 Å². The summed E-state index contributed by atoms with van der Waals surface area (Å²) in [5.41, 5.74) is 0.681. The van der Waals surface area contributed by atoms with Gasteiger partial charge in [-0.25, -0.2) is 18.7 Å². The summed E-state index contributed by atoms with van der Waals surface area (Å²) in [5, 5.41) is 4.01. The third-order valence-corrected chi connectivity index (χ3v) is 6.67. The number of halogens is 3. The number of benzene rings is 3.